The van der Waals surface area contributed by atoms with Gasteiger partial charge in [-0.15, -0.1) is 35.3 Å². The molecule has 1 aromatic rings. The Balaban J connectivity index is 0.00000242. The molecule has 0 saturated carbocycles. The third-order valence-electron chi connectivity index (χ3n) is 4.87. The van der Waals surface area contributed by atoms with Crippen molar-refractivity contribution >= 4 is 41.3 Å². The Kier molecular flexibility index (Phi) is 6.68. The molecule has 0 spiro atoms. The molecule has 0 aromatic carbocycles. The van der Waals surface area contributed by atoms with E-state index in [0.29, 0.717) is 5.41 Å². The fraction of sp³-hybridized carbons (Fsp3) is 0.750. The maximum absolute atomic E-state index is 4.50. The molecule has 0 unspecified atom stereocenters. The topological polar surface area (TPSA) is 40.5 Å². The number of nitrogens with one attached hydrogen (secondary N) is 1. The maximum Gasteiger partial charge on any atom is 0.194 e. The Morgan fingerprint density at radius 1 is 1.41 bits per heavy atom. The minimum atomic E-state index is 0. The highest BCUT2D eigenvalue weighted by atomic mass is 127. The van der Waals surface area contributed by atoms with Gasteiger partial charge in [-0.3, -0.25) is 4.99 Å². The minimum absolute atomic E-state index is 0. The Morgan fingerprint density at radius 3 is 2.55 bits per heavy atom. The zero-order valence-corrected chi connectivity index (χ0v) is 17.7. The fourth-order valence-corrected chi connectivity index (χ4v) is 3.47. The van der Waals surface area contributed by atoms with Crippen molar-refractivity contribution in [2.75, 3.05) is 20.1 Å². The van der Waals surface area contributed by atoms with Crippen LogP contribution in [0.15, 0.2) is 10.4 Å². The Bertz CT molecular complexity index is 522. The maximum atomic E-state index is 4.50. The average molecular weight is 436 g/mol. The van der Waals surface area contributed by atoms with Gasteiger partial charge >= 0.3 is 0 Å². The van der Waals surface area contributed by atoms with Crippen LogP contribution in [0.2, 0.25) is 0 Å². The van der Waals surface area contributed by atoms with Gasteiger partial charge in [-0.1, -0.05) is 13.8 Å². The van der Waals surface area contributed by atoms with E-state index in [2.05, 4.69) is 53.3 Å². The van der Waals surface area contributed by atoms with Crippen molar-refractivity contribution in [1.29, 1.82) is 0 Å². The third-order valence-corrected chi connectivity index (χ3v) is 5.90. The fourth-order valence-electron chi connectivity index (χ4n) is 2.65. The average Bonchev–Trinajstić information content (AvgIpc) is 2.83. The van der Waals surface area contributed by atoms with Gasteiger partial charge in [0.25, 0.3) is 0 Å². The molecule has 0 bridgehead atoms. The molecular weight excluding hydrogens is 407 g/mol. The summed E-state index contributed by atoms with van der Waals surface area (Å²) in [5, 5.41) is 6.84. The number of rotatable bonds is 4. The monoisotopic (exact) mass is 436 g/mol. The molecule has 1 N–H and O–H groups in total. The van der Waals surface area contributed by atoms with Gasteiger partial charge in [0, 0.05) is 48.6 Å². The van der Waals surface area contributed by atoms with Crippen LogP contribution >= 0.6 is 35.3 Å². The standard InChI is InChI=1S/C16H28N4S.HI/c1-12-10-21-13(19-12)8-7-9-18-14(17-6)20-11-15(2,3)16(20,4)5;/h10H,7-9,11H2,1-6H3,(H,17,18);1H. The van der Waals surface area contributed by atoms with Gasteiger partial charge in [0.05, 0.1) is 5.01 Å². The van der Waals surface area contributed by atoms with Crippen molar-refractivity contribution in [1.82, 2.24) is 15.2 Å². The zero-order chi connectivity index (χ0) is 15.7. The first-order valence-electron chi connectivity index (χ1n) is 7.67. The summed E-state index contributed by atoms with van der Waals surface area (Å²) in [6.07, 6.45) is 2.13. The second-order valence-electron chi connectivity index (χ2n) is 6.99. The molecule has 0 aliphatic carbocycles. The lowest BCUT2D eigenvalue weighted by Crippen LogP contribution is -2.72. The Hall–Kier alpha value is -0.370. The first-order valence-corrected chi connectivity index (χ1v) is 8.55. The van der Waals surface area contributed by atoms with Crippen LogP contribution in [0.5, 0.6) is 0 Å². The predicted octanol–water partition coefficient (Wildman–Crippen LogP) is 3.70. The van der Waals surface area contributed by atoms with Gasteiger partial charge < -0.3 is 10.2 Å². The van der Waals surface area contributed by atoms with Crippen LogP contribution in [0.25, 0.3) is 0 Å². The highest BCUT2D eigenvalue weighted by Gasteiger charge is 2.53. The molecule has 1 fully saturated rings. The smallest absolute Gasteiger partial charge is 0.194 e. The summed E-state index contributed by atoms with van der Waals surface area (Å²) in [6, 6.07) is 0. The second kappa shape index (κ2) is 7.47. The summed E-state index contributed by atoms with van der Waals surface area (Å²) in [6.45, 7) is 13.3. The highest BCUT2D eigenvalue weighted by molar-refractivity contribution is 14.0. The van der Waals surface area contributed by atoms with Crippen molar-refractivity contribution in [3.05, 3.63) is 16.1 Å². The minimum Gasteiger partial charge on any atom is -0.356 e. The second-order valence-corrected chi connectivity index (χ2v) is 7.93. The molecule has 0 atom stereocenters. The quantitative estimate of drug-likeness (QED) is 0.339. The van der Waals surface area contributed by atoms with Crippen molar-refractivity contribution in [3.8, 4) is 0 Å². The molecule has 2 rings (SSSR count). The first-order chi connectivity index (χ1) is 9.78. The lowest BCUT2D eigenvalue weighted by atomic mass is 9.65. The first kappa shape index (κ1) is 19.7. The van der Waals surface area contributed by atoms with E-state index in [1.807, 2.05) is 14.0 Å². The van der Waals surface area contributed by atoms with E-state index < -0.39 is 0 Å². The number of aromatic nitrogens is 1. The highest BCUT2D eigenvalue weighted by Crippen LogP contribution is 2.46. The molecule has 6 heteroatoms. The number of guanidine groups is 1. The Labute approximate surface area is 155 Å². The normalized spacial score (nSPS) is 19.4. The van der Waals surface area contributed by atoms with Gasteiger partial charge in [0.2, 0.25) is 0 Å². The SMILES string of the molecule is CN=C(NCCCc1nc(C)cs1)N1CC(C)(C)C1(C)C.I. The molecule has 4 nitrogen and oxygen atoms in total. The number of thiazole rings is 1. The van der Waals surface area contributed by atoms with Crippen LogP contribution < -0.4 is 5.32 Å². The molecule has 0 amide bonds. The van der Waals surface area contributed by atoms with Gasteiger partial charge in [0.1, 0.15) is 0 Å². The van der Waals surface area contributed by atoms with Crippen molar-refractivity contribution in [2.45, 2.75) is 53.0 Å². The summed E-state index contributed by atoms with van der Waals surface area (Å²) >= 11 is 1.76. The number of likely N-dealkylation sites (tertiary alicyclic amines) is 1. The zero-order valence-electron chi connectivity index (χ0n) is 14.6. The summed E-state index contributed by atoms with van der Waals surface area (Å²) in [4.78, 5) is 11.3. The summed E-state index contributed by atoms with van der Waals surface area (Å²) < 4.78 is 0. The molecule has 1 aliphatic heterocycles. The Morgan fingerprint density at radius 2 is 2.09 bits per heavy atom. The number of aliphatic imine (C=N–C) groups is 1. The van der Waals surface area contributed by atoms with Crippen LogP contribution in [0, 0.1) is 12.3 Å². The van der Waals surface area contributed by atoms with E-state index in [4.69, 9.17) is 0 Å². The number of nitrogens with zero attached hydrogens (tertiary/aromatic N) is 3. The van der Waals surface area contributed by atoms with Crippen molar-refractivity contribution < 1.29 is 0 Å². The van der Waals surface area contributed by atoms with Crippen molar-refractivity contribution in [2.24, 2.45) is 10.4 Å². The lowest BCUT2D eigenvalue weighted by Gasteiger charge is -2.62. The van der Waals surface area contributed by atoms with Crippen LogP contribution in [0.4, 0.5) is 0 Å². The van der Waals surface area contributed by atoms with Gasteiger partial charge in [-0.25, -0.2) is 4.98 Å². The van der Waals surface area contributed by atoms with E-state index >= 15 is 0 Å². The third kappa shape index (κ3) is 3.93. The summed E-state index contributed by atoms with van der Waals surface area (Å²) in [5.74, 6) is 1.02. The van der Waals surface area contributed by atoms with Gasteiger partial charge in [-0.05, 0) is 27.2 Å². The summed E-state index contributed by atoms with van der Waals surface area (Å²) in [7, 11) is 1.87. The van der Waals surface area contributed by atoms with Crippen molar-refractivity contribution in [3.63, 3.8) is 0 Å². The molecule has 1 saturated heterocycles. The lowest BCUT2D eigenvalue weighted by molar-refractivity contribution is -0.0667. The van der Waals surface area contributed by atoms with E-state index in [1.165, 1.54) is 5.01 Å². The molecule has 0 radical (unpaired) electrons. The largest absolute Gasteiger partial charge is 0.356 e. The van der Waals surface area contributed by atoms with Crippen LogP contribution in [0.3, 0.4) is 0 Å². The van der Waals surface area contributed by atoms with E-state index in [1.54, 1.807) is 11.3 Å². The van der Waals surface area contributed by atoms with Crippen LogP contribution in [-0.2, 0) is 6.42 Å². The summed E-state index contributed by atoms with van der Waals surface area (Å²) in [5.41, 5.74) is 1.62. The van der Waals surface area contributed by atoms with E-state index in [9.17, 15) is 0 Å². The molecule has 1 aromatic heterocycles. The molecular formula is C16H29IN4S. The molecule has 1 aliphatic rings. The molecule has 2 heterocycles. The van der Waals surface area contributed by atoms with E-state index in [-0.39, 0.29) is 29.5 Å². The molecule has 126 valence electrons. The number of halogens is 1. The number of hydrogen-bond donors (Lipinski definition) is 1. The predicted molar refractivity (Wildman–Crippen MR) is 107 cm³/mol. The van der Waals surface area contributed by atoms with Crippen LogP contribution in [0.1, 0.15) is 44.8 Å². The van der Waals surface area contributed by atoms with Crippen LogP contribution in [-0.4, -0.2) is 41.5 Å². The van der Waals surface area contributed by atoms with Gasteiger partial charge in [-0.2, -0.15) is 0 Å². The van der Waals surface area contributed by atoms with Gasteiger partial charge in [0.15, 0.2) is 5.96 Å². The van der Waals surface area contributed by atoms with E-state index in [0.717, 1.165) is 37.6 Å². The number of hydrogen-bond acceptors (Lipinski definition) is 3. The number of aryl methyl sites for hydroxylation is 2. The molecule has 22 heavy (non-hydrogen) atoms.